The van der Waals surface area contributed by atoms with E-state index in [-0.39, 0.29) is 33.9 Å². The Bertz CT molecular complexity index is 988. The molecule has 0 N–H and O–H groups in total. The van der Waals surface area contributed by atoms with Crippen LogP contribution < -0.4 is 4.90 Å². The number of carbonyl (C=O) groups is 2. The van der Waals surface area contributed by atoms with Crippen LogP contribution in [0.2, 0.25) is 0 Å². The summed E-state index contributed by atoms with van der Waals surface area (Å²) in [5.74, 6) is -1.17. The average Bonchev–Trinajstić information content (AvgIpc) is 3.26. The SMILES string of the molecule is Cc1ccc(N2C(=O)[C@@H]3[C@H](C2=O)[C@H]2S[C@@H]3c3cc([N+](=O)[O-])ccc32)cc1. The minimum atomic E-state index is -0.437. The van der Waals surface area contributed by atoms with Gasteiger partial charge in [-0.1, -0.05) is 23.8 Å². The molecule has 2 bridgehead atoms. The third-order valence-electron chi connectivity index (χ3n) is 5.53. The van der Waals surface area contributed by atoms with Crippen molar-refractivity contribution in [3.8, 4) is 0 Å². The van der Waals surface area contributed by atoms with E-state index in [0.717, 1.165) is 16.7 Å². The number of fused-ring (bicyclic) bond motifs is 8. The topological polar surface area (TPSA) is 80.5 Å². The lowest BCUT2D eigenvalue weighted by molar-refractivity contribution is -0.384. The smallest absolute Gasteiger partial charge is 0.269 e. The van der Waals surface area contributed by atoms with E-state index in [4.69, 9.17) is 0 Å². The normalized spacial score (nSPS) is 28.4. The largest absolute Gasteiger partial charge is 0.274 e. The number of thioether (sulfide) groups is 1. The van der Waals surface area contributed by atoms with Crippen LogP contribution in [0.3, 0.4) is 0 Å². The Morgan fingerprint density at radius 2 is 1.58 bits per heavy atom. The highest BCUT2D eigenvalue weighted by atomic mass is 32.2. The second-order valence-corrected chi connectivity index (χ2v) is 8.23. The molecule has 2 saturated heterocycles. The summed E-state index contributed by atoms with van der Waals surface area (Å²) in [6, 6.07) is 12.1. The minimum absolute atomic E-state index is 0.0283. The molecular formula is C19H14N2O4S. The summed E-state index contributed by atoms with van der Waals surface area (Å²) in [5, 5.41) is 10.8. The van der Waals surface area contributed by atoms with E-state index in [1.54, 1.807) is 36.0 Å². The molecule has 2 fully saturated rings. The first-order chi connectivity index (χ1) is 12.5. The summed E-state index contributed by atoms with van der Waals surface area (Å²) in [5.41, 5.74) is 3.48. The van der Waals surface area contributed by atoms with Crippen molar-refractivity contribution in [3.05, 3.63) is 69.3 Å². The average molecular weight is 366 g/mol. The van der Waals surface area contributed by atoms with Crippen molar-refractivity contribution in [2.75, 3.05) is 4.90 Å². The molecular weight excluding hydrogens is 352 g/mol. The number of benzene rings is 2. The van der Waals surface area contributed by atoms with E-state index in [0.29, 0.717) is 5.69 Å². The Morgan fingerprint density at radius 3 is 2.19 bits per heavy atom. The first-order valence-corrected chi connectivity index (χ1v) is 9.30. The van der Waals surface area contributed by atoms with Gasteiger partial charge in [0.25, 0.3) is 5.69 Å². The van der Waals surface area contributed by atoms with Crippen LogP contribution in [0.25, 0.3) is 0 Å². The number of amides is 2. The van der Waals surface area contributed by atoms with Crippen LogP contribution >= 0.6 is 11.8 Å². The Kier molecular flexibility index (Phi) is 3.10. The maximum atomic E-state index is 13.1. The van der Waals surface area contributed by atoms with Gasteiger partial charge in [-0.25, -0.2) is 4.90 Å². The first kappa shape index (κ1) is 15.6. The molecule has 0 aromatic heterocycles. The van der Waals surface area contributed by atoms with Gasteiger partial charge in [0.2, 0.25) is 11.8 Å². The molecule has 0 saturated carbocycles. The number of anilines is 1. The van der Waals surface area contributed by atoms with Gasteiger partial charge in [-0.2, -0.15) is 0 Å². The van der Waals surface area contributed by atoms with Gasteiger partial charge in [0.1, 0.15) is 0 Å². The lowest BCUT2D eigenvalue weighted by atomic mass is 9.77. The lowest BCUT2D eigenvalue weighted by Gasteiger charge is -2.21. The van der Waals surface area contributed by atoms with E-state index >= 15 is 0 Å². The minimum Gasteiger partial charge on any atom is -0.274 e. The molecule has 130 valence electrons. The second kappa shape index (κ2) is 5.17. The van der Waals surface area contributed by atoms with Crippen molar-refractivity contribution in [2.45, 2.75) is 17.4 Å². The number of aryl methyl sites for hydroxylation is 1. The zero-order chi connectivity index (χ0) is 18.2. The fourth-order valence-electron chi connectivity index (χ4n) is 4.34. The quantitative estimate of drug-likeness (QED) is 0.461. The number of imide groups is 1. The fourth-order valence-corrected chi connectivity index (χ4v) is 6.28. The summed E-state index contributed by atoms with van der Waals surface area (Å²) in [7, 11) is 0. The summed E-state index contributed by atoms with van der Waals surface area (Å²) in [4.78, 5) is 38.1. The zero-order valence-corrected chi connectivity index (χ0v) is 14.6. The van der Waals surface area contributed by atoms with E-state index < -0.39 is 10.8 Å². The van der Waals surface area contributed by atoms with Crippen LogP contribution in [0.1, 0.15) is 27.2 Å². The van der Waals surface area contributed by atoms with Gasteiger partial charge in [-0.3, -0.25) is 19.7 Å². The molecule has 0 radical (unpaired) electrons. The molecule has 2 aromatic rings. The number of nitrogens with zero attached hydrogens (tertiary/aromatic N) is 2. The van der Waals surface area contributed by atoms with Crippen LogP contribution in [-0.2, 0) is 9.59 Å². The maximum absolute atomic E-state index is 13.1. The molecule has 2 aromatic carbocycles. The number of hydrogen-bond donors (Lipinski definition) is 0. The van der Waals surface area contributed by atoms with Crippen molar-refractivity contribution in [3.63, 3.8) is 0 Å². The molecule has 0 spiro atoms. The molecule has 0 aliphatic carbocycles. The molecule has 5 rings (SSSR count). The summed E-state index contributed by atoms with van der Waals surface area (Å²) in [6.45, 7) is 1.95. The number of hydrogen-bond acceptors (Lipinski definition) is 5. The van der Waals surface area contributed by atoms with E-state index in [1.165, 1.54) is 11.0 Å². The number of nitro benzene ring substituents is 1. The van der Waals surface area contributed by atoms with Gasteiger partial charge in [0.15, 0.2) is 0 Å². The lowest BCUT2D eigenvalue weighted by Crippen LogP contribution is -2.31. The van der Waals surface area contributed by atoms with Gasteiger partial charge < -0.3 is 0 Å². The van der Waals surface area contributed by atoms with E-state index in [2.05, 4.69) is 0 Å². The van der Waals surface area contributed by atoms with E-state index in [1.807, 2.05) is 19.1 Å². The summed E-state index contributed by atoms with van der Waals surface area (Å²) < 4.78 is 0. The predicted molar refractivity (Wildman–Crippen MR) is 96.8 cm³/mol. The first-order valence-electron chi connectivity index (χ1n) is 8.35. The van der Waals surface area contributed by atoms with E-state index in [9.17, 15) is 19.7 Å². The molecule has 26 heavy (non-hydrogen) atoms. The van der Waals surface area contributed by atoms with Gasteiger partial charge >= 0.3 is 0 Å². The molecule has 2 amide bonds. The molecule has 3 heterocycles. The van der Waals surface area contributed by atoms with Gasteiger partial charge in [0, 0.05) is 22.6 Å². The van der Waals surface area contributed by atoms with Crippen LogP contribution in [0.4, 0.5) is 11.4 Å². The number of carbonyl (C=O) groups excluding carboxylic acids is 2. The molecule has 3 aliphatic heterocycles. The third-order valence-corrected chi connectivity index (χ3v) is 7.21. The number of rotatable bonds is 2. The Balaban J connectivity index is 1.57. The molecule has 4 atom stereocenters. The highest BCUT2D eigenvalue weighted by molar-refractivity contribution is 8.00. The number of nitro groups is 1. The standard InChI is InChI=1S/C19H14N2O4S/c1-9-2-4-10(5-3-9)20-18(22)14-15(19(20)23)17-13-8-11(21(24)25)6-7-12(13)16(14)26-17/h2-8,14-17H,1H3/t14-,15+,16-,17+/m0/s1. The van der Waals surface area contributed by atoms with Crippen LogP contribution in [0.5, 0.6) is 0 Å². The summed E-state index contributed by atoms with van der Waals surface area (Å²) in [6.07, 6.45) is 0. The zero-order valence-electron chi connectivity index (χ0n) is 13.8. The van der Waals surface area contributed by atoms with Crippen LogP contribution in [0, 0.1) is 28.9 Å². The number of non-ortho nitro benzene ring substituents is 1. The van der Waals surface area contributed by atoms with Gasteiger partial charge in [0.05, 0.1) is 22.4 Å². The second-order valence-electron chi connectivity index (χ2n) is 6.95. The van der Waals surface area contributed by atoms with Crippen LogP contribution in [0.15, 0.2) is 42.5 Å². The van der Waals surface area contributed by atoms with Crippen LogP contribution in [-0.4, -0.2) is 16.7 Å². The van der Waals surface area contributed by atoms with Crippen molar-refractivity contribution in [2.24, 2.45) is 11.8 Å². The molecule has 3 aliphatic rings. The van der Waals surface area contributed by atoms with Gasteiger partial charge in [-0.15, -0.1) is 11.8 Å². The molecule has 0 unspecified atom stereocenters. The Morgan fingerprint density at radius 1 is 0.962 bits per heavy atom. The van der Waals surface area contributed by atoms with Crippen molar-refractivity contribution in [1.29, 1.82) is 0 Å². The maximum Gasteiger partial charge on any atom is 0.269 e. The highest BCUT2D eigenvalue weighted by Crippen LogP contribution is 2.69. The highest BCUT2D eigenvalue weighted by Gasteiger charge is 2.64. The third kappa shape index (κ3) is 1.89. The monoisotopic (exact) mass is 366 g/mol. The fraction of sp³-hybridized carbons (Fsp3) is 0.263. The van der Waals surface area contributed by atoms with Crippen molar-refractivity contribution >= 4 is 35.0 Å². The molecule has 6 nitrogen and oxygen atoms in total. The van der Waals surface area contributed by atoms with Gasteiger partial charge in [-0.05, 0) is 30.2 Å². The molecule has 7 heteroatoms. The van der Waals surface area contributed by atoms with Crippen molar-refractivity contribution in [1.82, 2.24) is 0 Å². The summed E-state index contributed by atoms with van der Waals surface area (Å²) >= 11 is 1.59. The predicted octanol–water partition coefficient (Wildman–Crippen LogP) is 3.55. The Hall–Kier alpha value is -2.67. The Labute approximate surface area is 153 Å². The van der Waals surface area contributed by atoms with Crippen molar-refractivity contribution < 1.29 is 14.5 Å².